The van der Waals surface area contributed by atoms with E-state index in [1.165, 1.54) is 24.7 Å². The first-order valence-corrected chi connectivity index (χ1v) is 9.62. The third-order valence-corrected chi connectivity index (χ3v) is 4.35. The summed E-state index contributed by atoms with van der Waals surface area (Å²) < 4.78 is 5.19. The van der Waals surface area contributed by atoms with Crippen LogP contribution >= 0.6 is 0 Å². The number of hydrogen-bond donors (Lipinski definition) is 4. The van der Waals surface area contributed by atoms with Crippen LogP contribution in [0.2, 0.25) is 0 Å². The molecular formula is C22H21N5O5. The van der Waals surface area contributed by atoms with Crippen molar-refractivity contribution in [3.63, 3.8) is 0 Å². The molecule has 2 aromatic carbocycles. The fourth-order valence-corrected chi connectivity index (χ4v) is 2.69. The Morgan fingerprint density at radius 3 is 2.53 bits per heavy atom. The number of aromatic amines is 1. The minimum absolute atomic E-state index is 0.0650. The number of carboxylic acids is 1. The molecule has 4 N–H and O–H groups in total. The minimum atomic E-state index is -1.03. The highest BCUT2D eigenvalue weighted by atomic mass is 16.5. The van der Waals surface area contributed by atoms with Crippen LogP contribution in [0.25, 0.3) is 0 Å². The molecule has 0 aliphatic heterocycles. The van der Waals surface area contributed by atoms with Crippen LogP contribution in [0.5, 0.6) is 0 Å². The number of rotatable bonds is 9. The second kappa shape index (κ2) is 11.1. The number of carbonyl (C=O) groups excluding carboxylic acids is 2. The molecule has 10 heteroatoms. The highest BCUT2D eigenvalue weighted by molar-refractivity contribution is 5.90. The molecule has 1 atom stereocenters. The zero-order chi connectivity index (χ0) is 22.8. The molecule has 1 aromatic heterocycles. The van der Waals surface area contributed by atoms with Gasteiger partial charge in [0.05, 0.1) is 18.1 Å². The van der Waals surface area contributed by atoms with Crippen molar-refractivity contribution in [2.75, 3.05) is 0 Å². The maximum atomic E-state index is 12.6. The standard InChI is InChI=1S/C22H21N5O5/c28-20(27-25-11-15-6-8-17(9-7-15)21(29)30)19(10-18-12-23-14-24-18)26-22(31)32-13-16-4-2-1-3-5-16/h1-9,11-12,14,19H,10,13H2,(H,23,24)(H,26,31)(H,27,28)(H,29,30)/b25-11-/t19-/m0/s1. The first-order valence-electron chi connectivity index (χ1n) is 9.62. The van der Waals surface area contributed by atoms with Crippen molar-refractivity contribution in [3.8, 4) is 0 Å². The summed E-state index contributed by atoms with van der Waals surface area (Å²) in [6, 6.07) is 14.2. The van der Waals surface area contributed by atoms with E-state index >= 15 is 0 Å². The van der Waals surface area contributed by atoms with Crippen LogP contribution in [0.1, 0.15) is 27.2 Å². The number of amides is 2. The summed E-state index contributed by atoms with van der Waals surface area (Å²) in [7, 11) is 0. The first kappa shape index (κ1) is 22.2. The normalized spacial score (nSPS) is 11.6. The summed E-state index contributed by atoms with van der Waals surface area (Å²) in [5, 5.41) is 15.3. The van der Waals surface area contributed by atoms with E-state index in [1.54, 1.807) is 18.3 Å². The van der Waals surface area contributed by atoms with Crippen LogP contribution in [-0.4, -0.2) is 45.3 Å². The smallest absolute Gasteiger partial charge is 0.408 e. The maximum Gasteiger partial charge on any atom is 0.408 e. The van der Waals surface area contributed by atoms with Crippen molar-refractivity contribution in [1.29, 1.82) is 0 Å². The number of H-pyrrole nitrogens is 1. The van der Waals surface area contributed by atoms with Crippen LogP contribution in [0.15, 0.2) is 72.2 Å². The van der Waals surface area contributed by atoms with Gasteiger partial charge < -0.3 is 20.1 Å². The van der Waals surface area contributed by atoms with Gasteiger partial charge in [0, 0.05) is 18.3 Å². The Hall–Kier alpha value is -4.47. The number of benzene rings is 2. The first-order chi connectivity index (χ1) is 15.5. The molecule has 1 heterocycles. The summed E-state index contributed by atoms with van der Waals surface area (Å²) >= 11 is 0. The Balaban J connectivity index is 1.58. The average molecular weight is 435 g/mol. The molecule has 0 fully saturated rings. The molecule has 3 rings (SSSR count). The summed E-state index contributed by atoms with van der Waals surface area (Å²) in [6.45, 7) is 0.0650. The summed E-state index contributed by atoms with van der Waals surface area (Å²) in [4.78, 5) is 42.5. The molecule has 2 amide bonds. The van der Waals surface area contributed by atoms with E-state index in [2.05, 4.69) is 25.8 Å². The Morgan fingerprint density at radius 1 is 1.12 bits per heavy atom. The number of hydrogen-bond acceptors (Lipinski definition) is 6. The van der Waals surface area contributed by atoms with Crippen LogP contribution in [0, 0.1) is 0 Å². The fraction of sp³-hybridized carbons (Fsp3) is 0.136. The molecule has 164 valence electrons. The lowest BCUT2D eigenvalue weighted by atomic mass is 10.1. The number of hydrazone groups is 1. The topological polar surface area (TPSA) is 146 Å². The van der Waals surface area contributed by atoms with Crippen molar-refractivity contribution in [3.05, 3.63) is 89.5 Å². The Kier molecular flexibility index (Phi) is 7.68. The van der Waals surface area contributed by atoms with Crippen molar-refractivity contribution >= 4 is 24.2 Å². The molecule has 0 spiro atoms. The van der Waals surface area contributed by atoms with E-state index in [4.69, 9.17) is 9.84 Å². The van der Waals surface area contributed by atoms with Gasteiger partial charge in [-0.2, -0.15) is 5.10 Å². The van der Waals surface area contributed by atoms with Gasteiger partial charge in [-0.3, -0.25) is 4.79 Å². The van der Waals surface area contributed by atoms with Crippen LogP contribution < -0.4 is 10.7 Å². The molecule has 3 aromatic rings. The second-order valence-corrected chi connectivity index (χ2v) is 6.70. The second-order valence-electron chi connectivity index (χ2n) is 6.70. The molecule has 32 heavy (non-hydrogen) atoms. The summed E-state index contributed by atoms with van der Waals surface area (Å²) in [5.74, 6) is -1.59. The van der Waals surface area contributed by atoms with Gasteiger partial charge in [0.25, 0.3) is 5.91 Å². The van der Waals surface area contributed by atoms with E-state index in [0.29, 0.717) is 11.3 Å². The monoisotopic (exact) mass is 435 g/mol. The van der Waals surface area contributed by atoms with Gasteiger partial charge in [0.1, 0.15) is 12.6 Å². The van der Waals surface area contributed by atoms with Gasteiger partial charge in [-0.25, -0.2) is 20.0 Å². The maximum absolute atomic E-state index is 12.6. The van der Waals surface area contributed by atoms with Crippen molar-refractivity contribution in [1.82, 2.24) is 20.7 Å². The lowest BCUT2D eigenvalue weighted by Gasteiger charge is -2.16. The SMILES string of the molecule is O=C(N[C@@H](Cc1cnc[nH]1)C(=O)N/N=C\c1ccc(C(=O)O)cc1)OCc1ccccc1. The Morgan fingerprint density at radius 2 is 1.88 bits per heavy atom. The lowest BCUT2D eigenvalue weighted by Crippen LogP contribution is -2.47. The molecular weight excluding hydrogens is 414 g/mol. The van der Waals surface area contributed by atoms with E-state index in [-0.39, 0.29) is 18.6 Å². The number of carbonyl (C=O) groups is 3. The van der Waals surface area contributed by atoms with Gasteiger partial charge in [-0.15, -0.1) is 0 Å². The predicted octanol–water partition coefficient (Wildman–Crippen LogP) is 2.10. The van der Waals surface area contributed by atoms with Crippen LogP contribution in [0.3, 0.4) is 0 Å². The zero-order valence-corrected chi connectivity index (χ0v) is 16.9. The number of nitrogens with one attached hydrogen (secondary N) is 3. The van der Waals surface area contributed by atoms with Gasteiger partial charge in [0.2, 0.25) is 0 Å². The highest BCUT2D eigenvalue weighted by Gasteiger charge is 2.22. The number of imidazole rings is 1. The quantitative estimate of drug-likeness (QED) is 0.299. The van der Waals surface area contributed by atoms with Crippen molar-refractivity contribution in [2.45, 2.75) is 19.1 Å². The Labute approximate surface area is 183 Å². The highest BCUT2D eigenvalue weighted by Crippen LogP contribution is 2.04. The molecule has 0 saturated carbocycles. The number of carboxylic acid groups (broad SMARTS) is 1. The number of ether oxygens (including phenoxy) is 1. The number of nitrogens with zero attached hydrogens (tertiary/aromatic N) is 2. The van der Waals surface area contributed by atoms with E-state index in [1.807, 2.05) is 30.3 Å². The fourth-order valence-electron chi connectivity index (χ4n) is 2.69. The predicted molar refractivity (Wildman–Crippen MR) is 115 cm³/mol. The number of aromatic carboxylic acids is 1. The third kappa shape index (κ3) is 6.80. The molecule has 0 radical (unpaired) electrons. The Bertz CT molecular complexity index is 1070. The third-order valence-electron chi connectivity index (χ3n) is 4.35. The van der Waals surface area contributed by atoms with Crippen molar-refractivity contribution < 1.29 is 24.2 Å². The van der Waals surface area contributed by atoms with Gasteiger partial charge in [-0.1, -0.05) is 42.5 Å². The van der Waals surface area contributed by atoms with Gasteiger partial charge >= 0.3 is 12.1 Å². The van der Waals surface area contributed by atoms with E-state index in [0.717, 1.165) is 5.56 Å². The number of alkyl carbamates (subject to hydrolysis) is 1. The molecule has 0 aliphatic rings. The largest absolute Gasteiger partial charge is 0.478 e. The zero-order valence-electron chi connectivity index (χ0n) is 16.9. The van der Waals surface area contributed by atoms with E-state index < -0.39 is 24.0 Å². The summed E-state index contributed by atoms with van der Waals surface area (Å²) in [6.07, 6.45) is 3.78. The van der Waals surface area contributed by atoms with Crippen LogP contribution in [0.4, 0.5) is 4.79 Å². The molecule has 0 aliphatic carbocycles. The minimum Gasteiger partial charge on any atom is -0.478 e. The summed E-state index contributed by atoms with van der Waals surface area (Å²) in [5.41, 5.74) is 4.56. The molecule has 10 nitrogen and oxygen atoms in total. The molecule has 0 bridgehead atoms. The molecule has 0 unspecified atom stereocenters. The number of aromatic nitrogens is 2. The van der Waals surface area contributed by atoms with Crippen LogP contribution in [-0.2, 0) is 22.6 Å². The van der Waals surface area contributed by atoms with Gasteiger partial charge in [-0.05, 0) is 23.3 Å². The van der Waals surface area contributed by atoms with Gasteiger partial charge in [0.15, 0.2) is 0 Å². The molecule has 0 saturated heterocycles. The van der Waals surface area contributed by atoms with E-state index in [9.17, 15) is 14.4 Å². The average Bonchev–Trinajstić information content (AvgIpc) is 3.31. The lowest BCUT2D eigenvalue weighted by molar-refractivity contribution is -0.123. The van der Waals surface area contributed by atoms with Crippen molar-refractivity contribution in [2.24, 2.45) is 5.10 Å².